The molecule has 0 atom stereocenters. The van der Waals surface area contributed by atoms with E-state index in [-0.39, 0.29) is 0 Å². The number of nitrogens with one attached hydrogen (secondary N) is 2. The van der Waals surface area contributed by atoms with Crippen LogP contribution in [0.5, 0.6) is 5.75 Å². The molecular formula is C21H25N5O2. The molecule has 146 valence electrons. The molecule has 0 aliphatic rings. The van der Waals surface area contributed by atoms with Crippen molar-refractivity contribution in [3.8, 4) is 5.75 Å². The second-order valence-corrected chi connectivity index (χ2v) is 6.33. The number of aromatic nitrogens is 2. The number of aldehydes is 1. The van der Waals surface area contributed by atoms with Gasteiger partial charge in [-0.25, -0.2) is 4.98 Å². The first kappa shape index (κ1) is 20.9. The lowest BCUT2D eigenvalue weighted by Crippen LogP contribution is -2.10. The minimum atomic E-state index is 0.479. The molecule has 0 unspecified atom stereocenters. The standard InChI is InChI=1S/C11H10N4O.C10H15NO/c12-4-8(5-13)10-2-1-7-3-9(6-16)14-11(7)15-10;1-11(2)8-9-5-4-6-10(7-9)12-3/h1-6,12H,13H2,(H,14,15);4-7H,8H2,1-3H3/b8-5+,12-4?;. The minimum absolute atomic E-state index is 0.479. The fraction of sp³-hybridized carbons (Fsp3) is 0.190. The zero-order valence-electron chi connectivity index (χ0n) is 16.3. The summed E-state index contributed by atoms with van der Waals surface area (Å²) in [4.78, 5) is 19.9. The van der Waals surface area contributed by atoms with E-state index in [2.05, 4.69) is 41.1 Å². The van der Waals surface area contributed by atoms with Gasteiger partial charge < -0.3 is 25.8 Å². The van der Waals surface area contributed by atoms with Crippen LogP contribution in [0, 0.1) is 5.41 Å². The Morgan fingerprint density at radius 3 is 2.68 bits per heavy atom. The number of fused-ring (bicyclic) bond motifs is 1. The number of pyridine rings is 1. The minimum Gasteiger partial charge on any atom is -0.497 e. The summed E-state index contributed by atoms with van der Waals surface area (Å²) in [5, 5.41) is 8.02. The van der Waals surface area contributed by atoms with Gasteiger partial charge in [0, 0.05) is 29.9 Å². The van der Waals surface area contributed by atoms with E-state index >= 15 is 0 Å². The molecule has 3 rings (SSSR count). The lowest BCUT2D eigenvalue weighted by molar-refractivity contribution is 0.111. The van der Waals surface area contributed by atoms with Crippen LogP contribution in [-0.2, 0) is 6.54 Å². The molecule has 4 N–H and O–H groups in total. The van der Waals surface area contributed by atoms with Crippen LogP contribution < -0.4 is 10.5 Å². The Bertz CT molecular complexity index is 976. The molecule has 7 nitrogen and oxygen atoms in total. The number of allylic oxidation sites excluding steroid dienone is 1. The predicted molar refractivity (Wildman–Crippen MR) is 113 cm³/mol. The van der Waals surface area contributed by atoms with Gasteiger partial charge in [0.25, 0.3) is 0 Å². The van der Waals surface area contributed by atoms with E-state index in [1.807, 2.05) is 18.2 Å². The van der Waals surface area contributed by atoms with E-state index in [4.69, 9.17) is 15.9 Å². The maximum Gasteiger partial charge on any atom is 0.166 e. The second-order valence-electron chi connectivity index (χ2n) is 6.33. The molecule has 2 aromatic heterocycles. The molecule has 0 saturated heterocycles. The third kappa shape index (κ3) is 5.52. The van der Waals surface area contributed by atoms with Gasteiger partial charge in [0.2, 0.25) is 0 Å². The number of aromatic amines is 1. The molecule has 0 radical (unpaired) electrons. The van der Waals surface area contributed by atoms with E-state index in [0.29, 0.717) is 22.6 Å². The maximum atomic E-state index is 10.6. The molecule has 0 saturated carbocycles. The average molecular weight is 379 g/mol. The number of H-pyrrole nitrogens is 1. The molecule has 0 amide bonds. The van der Waals surface area contributed by atoms with Gasteiger partial charge in [-0.05, 0) is 50.0 Å². The molecule has 1 aromatic carbocycles. The summed E-state index contributed by atoms with van der Waals surface area (Å²) < 4.78 is 5.12. The van der Waals surface area contributed by atoms with Gasteiger partial charge in [0.1, 0.15) is 11.4 Å². The van der Waals surface area contributed by atoms with E-state index in [0.717, 1.165) is 30.2 Å². The van der Waals surface area contributed by atoms with Crippen molar-refractivity contribution < 1.29 is 9.53 Å². The molecule has 2 heterocycles. The van der Waals surface area contributed by atoms with Crippen LogP contribution in [0.25, 0.3) is 16.6 Å². The highest BCUT2D eigenvalue weighted by molar-refractivity contribution is 6.07. The van der Waals surface area contributed by atoms with Crippen molar-refractivity contribution in [2.45, 2.75) is 6.54 Å². The monoisotopic (exact) mass is 379 g/mol. The first-order chi connectivity index (χ1) is 13.5. The smallest absolute Gasteiger partial charge is 0.166 e. The predicted octanol–water partition coefficient (Wildman–Crippen LogP) is 3.08. The first-order valence-corrected chi connectivity index (χ1v) is 8.66. The number of hydrogen-bond acceptors (Lipinski definition) is 6. The molecule has 0 fully saturated rings. The molecule has 28 heavy (non-hydrogen) atoms. The largest absolute Gasteiger partial charge is 0.497 e. The van der Waals surface area contributed by atoms with Crippen molar-refractivity contribution in [2.75, 3.05) is 21.2 Å². The van der Waals surface area contributed by atoms with E-state index in [9.17, 15) is 4.79 Å². The molecule has 7 heteroatoms. The van der Waals surface area contributed by atoms with Gasteiger partial charge in [-0.1, -0.05) is 12.1 Å². The number of nitrogens with zero attached hydrogens (tertiary/aromatic N) is 2. The highest BCUT2D eigenvalue weighted by Gasteiger charge is 2.04. The Morgan fingerprint density at radius 1 is 1.29 bits per heavy atom. The molecular weight excluding hydrogens is 354 g/mol. The lowest BCUT2D eigenvalue weighted by Gasteiger charge is -2.10. The molecule has 0 spiro atoms. The van der Waals surface area contributed by atoms with Gasteiger partial charge in [-0.3, -0.25) is 4.79 Å². The number of nitrogens with two attached hydrogens (primary N) is 1. The summed E-state index contributed by atoms with van der Waals surface area (Å²) in [5.41, 5.74) is 8.87. The van der Waals surface area contributed by atoms with Crippen LogP contribution in [-0.4, -0.2) is 48.6 Å². The zero-order valence-corrected chi connectivity index (χ0v) is 16.3. The van der Waals surface area contributed by atoms with Crippen molar-refractivity contribution in [3.63, 3.8) is 0 Å². The SMILES string of the molecule is COc1cccc(CN(C)C)c1.N=C/C(=C\N)c1ccc2cc(C=O)[nH]c2n1. The van der Waals surface area contributed by atoms with Crippen LogP contribution in [0.15, 0.2) is 48.7 Å². The molecule has 0 bridgehead atoms. The number of ether oxygens (including phenoxy) is 1. The summed E-state index contributed by atoms with van der Waals surface area (Å²) in [7, 11) is 5.80. The van der Waals surface area contributed by atoms with Crippen molar-refractivity contribution in [3.05, 3.63) is 65.6 Å². The second kappa shape index (κ2) is 10.0. The van der Waals surface area contributed by atoms with Gasteiger partial charge >= 0.3 is 0 Å². The highest BCUT2D eigenvalue weighted by atomic mass is 16.5. The molecule has 3 aromatic rings. The van der Waals surface area contributed by atoms with Crippen molar-refractivity contribution in [2.24, 2.45) is 5.73 Å². The number of carbonyl (C=O) groups excluding carboxylic acids is 1. The number of rotatable bonds is 6. The number of benzene rings is 1. The third-order valence-electron chi connectivity index (χ3n) is 3.89. The van der Waals surface area contributed by atoms with Gasteiger partial charge in [0.05, 0.1) is 18.5 Å². The fourth-order valence-electron chi connectivity index (χ4n) is 2.59. The number of carbonyl (C=O) groups is 1. The van der Waals surface area contributed by atoms with Crippen LogP contribution in [0.2, 0.25) is 0 Å². The van der Waals surface area contributed by atoms with E-state index < -0.39 is 0 Å². The summed E-state index contributed by atoms with van der Waals surface area (Å²) in [6.07, 6.45) is 3.19. The molecule has 0 aliphatic carbocycles. The Balaban J connectivity index is 0.000000209. The molecule has 0 aliphatic heterocycles. The van der Waals surface area contributed by atoms with E-state index in [1.165, 1.54) is 11.8 Å². The summed E-state index contributed by atoms with van der Waals surface area (Å²) in [6, 6.07) is 13.4. The van der Waals surface area contributed by atoms with Gasteiger partial charge in [-0.2, -0.15) is 0 Å². The normalized spacial score (nSPS) is 11.1. The Hall–Kier alpha value is -3.45. The summed E-state index contributed by atoms with van der Waals surface area (Å²) in [6.45, 7) is 0.956. The third-order valence-corrected chi connectivity index (χ3v) is 3.89. The number of hydrogen-bond donors (Lipinski definition) is 3. The quantitative estimate of drug-likeness (QED) is 0.450. The number of methoxy groups -OCH3 is 1. The van der Waals surface area contributed by atoms with Crippen molar-refractivity contribution in [1.29, 1.82) is 5.41 Å². The first-order valence-electron chi connectivity index (χ1n) is 8.66. The van der Waals surface area contributed by atoms with Crippen LogP contribution >= 0.6 is 0 Å². The maximum absolute atomic E-state index is 10.6. The van der Waals surface area contributed by atoms with Crippen molar-refractivity contribution >= 4 is 29.1 Å². The fourth-order valence-corrected chi connectivity index (χ4v) is 2.59. The highest BCUT2D eigenvalue weighted by Crippen LogP contribution is 2.16. The van der Waals surface area contributed by atoms with Gasteiger partial charge in [-0.15, -0.1) is 0 Å². The summed E-state index contributed by atoms with van der Waals surface area (Å²) in [5.74, 6) is 0.925. The van der Waals surface area contributed by atoms with Crippen molar-refractivity contribution in [1.82, 2.24) is 14.9 Å². The van der Waals surface area contributed by atoms with Crippen LogP contribution in [0.3, 0.4) is 0 Å². The van der Waals surface area contributed by atoms with Crippen LogP contribution in [0.1, 0.15) is 21.7 Å². The summed E-state index contributed by atoms with van der Waals surface area (Å²) >= 11 is 0. The Morgan fingerprint density at radius 2 is 2.07 bits per heavy atom. The Kier molecular flexibility index (Phi) is 7.47. The lowest BCUT2D eigenvalue weighted by atomic mass is 10.2. The topological polar surface area (TPSA) is 108 Å². The Labute approximate surface area is 164 Å². The van der Waals surface area contributed by atoms with Crippen LogP contribution in [0.4, 0.5) is 0 Å². The zero-order chi connectivity index (χ0) is 20.5. The van der Waals surface area contributed by atoms with E-state index in [1.54, 1.807) is 19.2 Å². The van der Waals surface area contributed by atoms with Gasteiger partial charge in [0.15, 0.2) is 6.29 Å². The average Bonchev–Trinajstić information content (AvgIpc) is 3.12.